The largest absolute Gasteiger partial charge is 0.482 e. The van der Waals surface area contributed by atoms with Crippen molar-refractivity contribution in [3.8, 4) is 22.9 Å². The lowest BCUT2D eigenvalue weighted by molar-refractivity contribution is -0.153. The molecule has 3 aromatic rings. The molecule has 0 N–H and O–H groups in total. The summed E-state index contributed by atoms with van der Waals surface area (Å²) in [6.45, 7) is 6.26. The maximum absolute atomic E-state index is 12.6. The van der Waals surface area contributed by atoms with Gasteiger partial charge in [-0.1, -0.05) is 6.58 Å². The van der Waals surface area contributed by atoms with Crippen molar-refractivity contribution in [2.45, 2.75) is 13.1 Å². The van der Waals surface area contributed by atoms with Gasteiger partial charge in [0.1, 0.15) is 17.6 Å². The van der Waals surface area contributed by atoms with Gasteiger partial charge in [-0.25, -0.2) is 9.50 Å². The number of aromatic nitrogens is 3. The summed E-state index contributed by atoms with van der Waals surface area (Å²) in [5.74, 6) is 0.615. The predicted molar refractivity (Wildman–Crippen MR) is 118 cm³/mol. The van der Waals surface area contributed by atoms with E-state index in [-0.39, 0.29) is 17.2 Å². The first-order valence-corrected chi connectivity index (χ1v) is 10.4. The number of anilines is 1. The van der Waals surface area contributed by atoms with Crippen LogP contribution < -0.4 is 9.64 Å². The van der Waals surface area contributed by atoms with E-state index in [2.05, 4.69) is 16.7 Å². The Balaban J connectivity index is 1.59. The molecule has 34 heavy (non-hydrogen) atoms. The Labute approximate surface area is 193 Å². The van der Waals surface area contributed by atoms with Gasteiger partial charge in [0.15, 0.2) is 6.61 Å². The third kappa shape index (κ3) is 4.80. The first-order chi connectivity index (χ1) is 16.2. The lowest BCUT2D eigenvalue weighted by Crippen LogP contribution is -2.49. The normalized spacial score (nSPS) is 14.2. The SMILES string of the molecule is C=C(C)C(=O)N1CCN(c2ccc(-c3cc(OCC(F)(F)F)cn4ncc(C#N)c34)cn2)CC1. The average molecular weight is 470 g/mol. The van der Waals surface area contributed by atoms with Crippen molar-refractivity contribution in [1.82, 2.24) is 19.5 Å². The number of rotatable bonds is 5. The second-order valence-corrected chi connectivity index (χ2v) is 7.92. The number of halogens is 3. The van der Waals surface area contributed by atoms with Gasteiger partial charge in [-0.05, 0) is 25.1 Å². The Morgan fingerprint density at radius 2 is 1.97 bits per heavy atom. The van der Waals surface area contributed by atoms with Crippen LogP contribution in [0.2, 0.25) is 0 Å². The van der Waals surface area contributed by atoms with Crippen LogP contribution in [0.3, 0.4) is 0 Å². The van der Waals surface area contributed by atoms with E-state index >= 15 is 0 Å². The quantitative estimate of drug-likeness (QED) is 0.531. The van der Waals surface area contributed by atoms with Crippen LogP contribution in [0.5, 0.6) is 5.75 Å². The molecule has 0 aromatic carbocycles. The summed E-state index contributed by atoms with van der Waals surface area (Å²) in [7, 11) is 0. The van der Waals surface area contributed by atoms with Gasteiger partial charge in [0.05, 0.1) is 23.5 Å². The minimum atomic E-state index is -4.49. The monoisotopic (exact) mass is 470 g/mol. The molecule has 1 aliphatic rings. The Bertz CT molecular complexity index is 1270. The number of ether oxygens (including phenoxy) is 1. The molecule has 0 radical (unpaired) electrons. The van der Waals surface area contributed by atoms with Crippen molar-refractivity contribution < 1.29 is 22.7 Å². The molecule has 0 unspecified atom stereocenters. The van der Waals surface area contributed by atoms with Gasteiger partial charge >= 0.3 is 6.18 Å². The summed E-state index contributed by atoms with van der Waals surface area (Å²) in [4.78, 5) is 20.4. The zero-order valence-electron chi connectivity index (χ0n) is 18.3. The summed E-state index contributed by atoms with van der Waals surface area (Å²) in [5.41, 5.74) is 2.30. The highest BCUT2D eigenvalue weighted by molar-refractivity contribution is 5.92. The van der Waals surface area contributed by atoms with Crippen LogP contribution in [0.15, 0.2) is 48.9 Å². The second-order valence-electron chi connectivity index (χ2n) is 7.92. The van der Waals surface area contributed by atoms with Crippen molar-refractivity contribution in [2.75, 3.05) is 37.7 Å². The lowest BCUT2D eigenvalue weighted by Gasteiger charge is -2.35. The Kier molecular flexibility index (Phi) is 6.15. The van der Waals surface area contributed by atoms with Crippen LogP contribution in [0.25, 0.3) is 16.6 Å². The average Bonchev–Trinajstić information content (AvgIpc) is 3.24. The van der Waals surface area contributed by atoms with E-state index in [4.69, 9.17) is 4.74 Å². The fourth-order valence-corrected chi connectivity index (χ4v) is 3.78. The molecule has 3 aromatic heterocycles. The maximum atomic E-state index is 12.6. The van der Waals surface area contributed by atoms with Crippen molar-refractivity contribution in [2.24, 2.45) is 0 Å². The molecule has 1 saturated heterocycles. The molecule has 1 fully saturated rings. The van der Waals surface area contributed by atoms with Crippen molar-refractivity contribution in [3.05, 3.63) is 54.5 Å². The standard InChI is InChI=1S/C23H21F3N6O2/c1-15(2)22(33)31-7-5-30(6-8-31)20-4-3-16(11-28-20)19-9-18(34-14-23(24,25)26)13-32-21(19)17(10-27)12-29-32/h3-4,9,11-13H,1,5-8,14H2,2H3. The minimum Gasteiger partial charge on any atom is -0.482 e. The summed E-state index contributed by atoms with van der Waals surface area (Å²) < 4.78 is 44.1. The molecular formula is C23H21F3N6O2. The Hall–Kier alpha value is -4.07. The van der Waals surface area contributed by atoms with Gasteiger partial charge in [0.25, 0.3) is 0 Å². The molecule has 4 rings (SSSR count). The number of carbonyl (C=O) groups excluding carboxylic acids is 1. The highest BCUT2D eigenvalue weighted by atomic mass is 19.4. The fraction of sp³-hybridized carbons (Fsp3) is 0.304. The van der Waals surface area contributed by atoms with Crippen molar-refractivity contribution >= 4 is 17.2 Å². The Morgan fingerprint density at radius 1 is 1.24 bits per heavy atom. The van der Waals surface area contributed by atoms with Gasteiger partial charge in [0.2, 0.25) is 5.91 Å². The summed E-state index contributed by atoms with van der Waals surface area (Å²) in [6, 6.07) is 7.08. The molecule has 0 bridgehead atoms. The summed E-state index contributed by atoms with van der Waals surface area (Å²) in [6.07, 6.45) is -0.240. The fourth-order valence-electron chi connectivity index (χ4n) is 3.78. The zero-order valence-corrected chi connectivity index (χ0v) is 18.3. The third-order valence-electron chi connectivity index (χ3n) is 5.42. The number of hydrogen-bond acceptors (Lipinski definition) is 6. The third-order valence-corrected chi connectivity index (χ3v) is 5.42. The number of nitriles is 1. The van der Waals surface area contributed by atoms with E-state index in [0.717, 1.165) is 0 Å². The highest BCUT2D eigenvalue weighted by Crippen LogP contribution is 2.32. The number of fused-ring (bicyclic) bond motifs is 1. The molecule has 0 saturated carbocycles. The number of hydrogen-bond donors (Lipinski definition) is 0. The Morgan fingerprint density at radius 3 is 2.56 bits per heavy atom. The molecule has 1 amide bonds. The second kappa shape index (κ2) is 9.05. The smallest absolute Gasteiger partial charge is 0.422 e. The van der Waals surface area contributed by atoms with E-state index < -0.39 is 12.8 Å². The van der Waals surface area contributed by atoms with E-state index in [9.17, 15) is 23.2 Å². The van der Waals surface area contributed by atoms with Crippen LogP contribution in [0.1, 0.15) is 12.5 Å². The number of carbonyl (C=O) groups is 1. The predicted octanol–water partition coefficient (Wildman–Crippen LogP) is 3.43. The highest BCUT2D eigenvalue weighted by Gasteiger charge is 2.29. The zero-order chi connectivity index (χ0) is 24.5. The van der Waals surface area contributed by atoms with E-state index in [1.807, 2.05) is 11.0 Å². The van der Waals surface area contributed by atoms with E-state index in [1.165, 1.54) is 23.0 Å². The van der Waals surface area contributed by atoms with Crippen LogP contribution in [0, 0.1) is 11.3 Å². The maximum Gasteiger partial charge on any atom is 0.422 e. The van der Waals surface area contributed by atoms with E-state index in [0.29, 0.717) is 54.2 Å². The molecule has 8 nitrogen and oxygen atoms in total. The lowest BCUT2D eigenvalue weighted by atomic mass is 10.1. The molecule has 176 valence electrons. The van der Waals surface area contributed by atoms with Crippen LogP contribution in [0.4, 0.5) is 19.0 Å². The number of pyridine rings is 2. The summed E-state index contributed by atoms with van der Waals surface area (Å²) in [5, 5.41) is 13.5. The molecule has 0 atom stereocenters. The van der Waals surface area contributed by atoms with Gasteiger partial charge in [-0.3, -0.25) is 4.79 Å². The van der Waals surface area contributed by atoms with E-state index in [1.54, 1.807) is 30.2 Å². The van der Waals surface area contributed by atoms with Gasteiger partial charge in [-0.2, -0.15) is 23.5 Å². The van der Waals surface area contributed by atoms with Crippen LogP contribution in [-0.4, -0.2) is 64.4 Å². The molecule has 0 aliphatic carbocycles. The molecule has 11 heteroatoms. The number of amides is 1. The van der Waals surface area contributed by atoms with Gasteiger partial charge < -0.3 is 14.5 Å². The summed E-state index contributed by atoms with van der Waals surface area (Å²) >= 11 is 0. The first-order valence-electron chi connectivity index (χ1n) is 10.4. The van der Waals surface area contributed by atoms with Gasteiger partial charge in [-0.15, -0.1) is 0 Å². The molecule has 0 spiro atoms. The number of piperazine rings is 1. The van der Waals surface area contributed by atoms with Gasteiger partial charge in [0, 0.05) is 49.1 Å². The van der Waals surface area contributed by atoms with Crippen LogP contribution >= 0.6 is 0 Å². The van der Waals surface area contributed by atoms with Crippen LogP contribution in [-0.2, 0) is 4.79 Å². The molecular weight excluding hydrogens is 449 g/mol. The molecule has 4 heterocycles. The first kappa shape index (κ1) is 23.1. The van der Waals surface area contributed by atoms with Crippen molar-refractivity contribution in [3.63, 3.8) is 0 Å². The molecule has 1 aliphatic heterocycles. The van der Waals surface area contributed by atoms with Crippen molar-refractivity contribution in [1.29, 1.82) is 5.26 Å². The number of nitrogens with zero attached hydrogens (tertiary/aromatic N) is 6. The number of alkyl halides is 3. The topological polar surface area (TPSA) is 86.8 Å². The minimum absolute atomic E-state index is 0.0326.